The fourth-order valence-corrected chi connectivity index (χ4v) is 1.94. The molecule has 0 aromatic heterocycles. The second-order valence-corrected chi connectivity index (χ2v) is 6.01. The van der Waals surface area contributed by atoms with Crippen LogP contribution in [0.4, 0.5) is 0 Å². The highest BCUT2D eigenvalue weighted by atomic mass is 14.0. The fourth-order valence-electron chi connectivity index (χ4n) is 1.94. The number of rotatable bonds is 0. The maximum absolute atomic E-state index is 2.12. The van der Waals surface area contributed by atoms with E-state index in [4.69, 9.17) is 0 Å². The van der Waals surface area contributed by atoms with Gasteiger partial charge in [-0.15, -0.1) is 0 Å². The van der Waals surface area contributed by atoms with Gasteiger partial charge in [-0.2, -0.15) is 0 Å². The molecular formula is C22H52. The Morgan fingerprint density at radius 3 is 0.409 bits per heavy atom. The van der Waals surface area contributed by atoms with Gasteiger partial charge in [-0.05, 0) is 0 Å². The van der Waals surface area contributed by atoms with E-state index in [-0.39, 0.29) is 0 Å². The van der Waals surface area contributed by atoms with Crippen molar-refractivity contribution in [3.05, 3.63) is 0 Å². The second kappa shape index (κ2) is 42.9. The van der Waals surface area contributed by atoms with Crippen LogP contribution in [-0.4, -0.2) is 0 Å². The highest BCUT2D eigenvalue weighted by Crippen LogP contribution is 2.15. The van der Waals surface area contributed by atoms with Crippen LogP contribution < -0.4 is 0 Å². The van der Waals surface area contributed by atoms with Crippen molar-refractivity contribution >= 4 is 0 Å². The van der Waals surface area contributed by atoms with E-state index >= 15 is 0 Å². The molecule has 0 aromatic carbocycles. The molecule has 0 bridgehead atoms. The zero-order chi connectivity index (χ0) is 17.9. The Bertz CT molecular complexity index is 74.7. The smallest absolute Gasteiger partial charge is 0.0533 e. The lowest BCUT2D eigenvalue weighted by Crippen LogP contribution is -1.85. The van der Waals surface area contributed by atoms with Gasteiger partial charge in [0.25, 0.3) is 0 Å². The predicted octanol–water partition coefficient (Wildman–Crippen LogP) is 9.57. The molecule has 0 unspecified atom stereocenters. The van der Waals surface area contributed by atoms with Crippen LogP contribution >= 0.6 is 0 Å². The standard InChI is InChI=1S/C6H12.C5H10.3C3H8.C2H6/c1-2-4-6-5-3-1;1-2-4-5-3-1;3*1-3-2;1-2/h1-6H2;1-5H2;3*3H2,1-2H3;1-2H3. The second-order valence-electron chi connectivity index (χ2n) is 6.01. The Labute approximate surface area is 145 Å². The van der Waals surface area contributed by atoms with E-state index < -0.39 is 0 Å². The molecule has 140 valence electrons. The van der Waals surface area contributed by atoms with Gasteiger partial charge in [0.2, 0.25) is 0 Å². The van der Waals surface area contributed by atoms with Crippen LogP contribution in [0.2, 0.25) is 0 Å². The third-order valence-corrected chi connectivity index (χ3v) is 2.75. The molecule has 0 N–H and O–H groups in total. The van der Waals surface area contributed by atoms with Crippen molar-refractivity contribution in [1.82, 2.24) is 0 Å². The molecule has 2 fully saturated rings. The van der Waals surface area contributed by atoms with Gasteiger partial charge in [0.1, 0.15) is 0 Å². The van der Waals surface area contributed by atoms with Gasteiger partial charge in [-0.3, -0.25) is 0 Å². The predicted molar refractivity (Wildman–Crippen MR) is 110 cm³/mol. The summed E-state index contributed by atoms with van der Waals surface area (Å²) in [5.41, 5.74) is 0. The van der Waals surface area contributed by atoms with Gasteiger partial charge in [0.05, 0.1) is 0 Å². The van der Waals surface area contributed by atoms with Crippen molar-refractivity contribution in [2.24, 2.45) is 0 Å². The SMILES string of the molecule is C1CCCC1.C1CCCCC1.CC.CCC.CCC.CCC. The minimum Gasteiger partial charge on any atom is -0.0683 e. The van der Waals surface area contributed by atoms with Gasteiger partial charge < -0.3 is 0 Å². The van der Waals surface area contributed by atoms with Crippen LogP contribution in [0, 0.1) is 0 Å². The van der Waals surface area contributed by atoms with Crippen LogP contribution in [-0.2, 0) is 0 Å². The first-order valence-corrected chi connectivity index (χ1v) is 10.7. The molecule has 2 saturated carbocycles. The summed E-state index contributed by atoms with van der Waals surface area (Å²) in [6.07, 6.45) is 20.2. The van der Waals surface area contributed by atoms with Gasteiger partial charge in [0.15, 0.2) is 0 Å². The maximum atomic E-state index is 2.12. The average Bonchev–Trinajstić information content (AvgIpc) is 3.13. The van der Waals surface area contributed by atoms with Crippen LogP contribution in [0.1, 0.15) is 145 Å². The minimum absolute atomic E-state index is 1.25. The van der Waals surface area contributed by atoms with Crippen molar-refractivity contribution in [1.29, 1.82) is 0 Å². The summed E-state index contributed by atoms with van der Waals surface area (Å²) in [4.78, 5) is 0. The third-order valence-electron chi connectivity index (χ3n) is 2.75. The molecule has 0 aliphatic heterocycles. The summed E-state index contributed by atoms with van der Waals surface area (Å²) in [6.45, 7) is 16.8. The Morgan fingerprint density at radius 2 is 0.364 bits per heavy atom. The Kier molecular flexibility index (Phi) is 58.3. The van der Waals surface area contributed by atoms with Crippen LogP contribution in [0.3, 0.4) is 0 Å². The average molecular weight is 317 g/mol. The zero-order valence-electron chi connectivity index (χ0n) is 17.9. The first kappa shape index (κ1) is 29.9. The van der Waals surface area contributed by atoms with E-state index in [1.807, 2.05) is 13.8 Å². The van der Waals surface area contributed by atoms with E-state index in [1.54, 1.807) is 0 Å². The van der Waals surface area contributed by atoms with Gasteiger partial charge >= 0.3 is 0 Å². The fraction of sp³-hybridized carbons (Fsp3) is 1.00. The summed E-state index contributed by atoms with van der Waals surface area (Å²) < 4.78 is 0. The van der Waals surface area contributed by atoms with Gasteiger partial charge in [-0.1, -0.05) is 145 Å². The van der Waals surface area contributed by atoms with Gasteiger partial charge in [-0.25, -0.2) is 0 Å². The minimum atomic E-state index is 1.25. The molecule has 2 aliphatic rings. The van der Waals surface area contributed by atoms with E-state index in [1.165, 1.54) is 89.9 Å². The highest BCUT2D eigenvalue weighted by Gasteiger charge is 1.95. The first-order chi connectivity index (χ1) is 10.7. The monoisotopic (exact) mass is 316 g/mol. The van der Waals surface area contributed by atoms with E-state index in [0.29, 0.717) is 0 Å². The van der Waals surface area contributed by atoms with E-state index in [9.17, 15) is 0 Å². The van der Waals surface area contributed by atoms with Crippen LogP contribution in [0.5, 0.6) is 0 Å². The summed E-state index contributed by atoms with van der Waals surface area (Å²) in [6, 6.07) is 0. The quantitative estimate of drug-likeness (QED) is 0.417. The lowest BCUT2D eigenvalue weighted by molar-refractivity contribution is 0.504. The Morgan fingerprint density at radius 1 is 0.318 bits per heavy atom. The summed E-state index contributed by atoms with van der Waals surface area (Å²) in [5, 5.41) is 0. The molecule has 0 heteroatoms. The number of hydrogen-bond donors (Lipinski definition) is 0. The molecule has 0 spiro atoms. The van der Waals surface area contributed by atoms with Crippen molar-refractivity contribution in [3.8, 4) is 0 Å². The normalized spacial score (nSPS) is 14.7. The lowest BCUT2D eigenvalue weighted by atomic mass is 10.0. The largest absolute Gasteiger partial charge is 0.0683 e. The van der Waals surface area contributed by atoms with Crippen molar-refractivity contribution in [2.45, 2.75) is 145 Å². The molecule has 0 nitrogen and oxygen atoms in total. The van der Waals surface area contributed by atoms with Crippen molar-refractivity contribution < 1.29 is 0 Å². The molecule has 0 amide bonds. The van der Waals surface area contributed by atoms with Crippen molar-refractivity contribution in [2.75, 3.05) is 0 Å². The molecule has 0 saturated heterocycles. The molecule has 0 heterocycles. The van der Waals surface area contributed by atoms with Crippen LogP contribution in [0.15, 0.2) is 0 Å². The maximum Gasteiger partial charge on any atom is -0.0533 e. The molecule has 22 heavy (non-hydrogen) atoms. The lowest BCUT2D eigenvalue weighted by Gasteiger charge is -2.05. The molecule has 0 radical (unpaired) electrons. The Hall–Kier alpha value is 0. The molecule has 2 rings (SSSR count). The summed E-state index contributed by atoms with van der Waals surface area (Å²) >= 11 is 0. The molecule has 0 aromatic rings. The van der Waals surface area contributed by atoms with Crippen molar-refractivity contribution in [3.63, 3.8) is 0 Å². The topological polar surface area (TPSA) is 0 Å². The zero-order valence-corrected chi connectivity index (χ0v) is 17.9. The summed E-state index contributed by atoms with van der Waals surface area (Å²) in [5.74, 6) is 0. The molecule has 0 atom stereocenters. The third kappa shape index (κ3) is 59.7. The Balaban J connectivity index is -0.0000000931. The van der Waals surface area contributed by atoms with E-state index in [2.05, 4.69) is 41.5 Å². The highest BCUT2D eigenvalue weighted by molar-refractivity contribution is 4.51. The first-order valence-electron chi connectivity index (χ1n) is 10.7. The van der Waals surface area contributed by atoms with E-state index in [0.717, 1.165) is 0 Å². The molecular weight excluding hydrogens is 264 g/mol. The summed E-state index contributed by atoms with van der Waals surface area (Å²) in [7, 11) is 0. The van der Waals surface area contributed by atoms with Gasteiger partial charge in [0, 0.05) is 0 Å². The molecule has 2 aliphatic carbocycles. The number of hydrogen-bond acceptors (Lipinski definition) is 0. The van der Waals surface area contributed by atoms with Crippen LogP contribution in [0.25, 0.3) is 0 Å².